The first-order valence-corrected chi connectivity index (χ1v) is 12.2. The van der Waals surface area contributed by atoms with Gasteiger partial charge in [0, 0.05) is 41.9 Å². The predicted molar refractivity (Wildman–Crippen MR) is 139 cm³/mol. The molecule has 0 bridgehead atoms. The van der Waals surface area contributed by atoms with E-state index in [0.29, 0.717) is 12.3 Å². The summed E-state index contributed by atoms with van der Waals surface area (Å²) in [6.07, 6.45) is 1.48. The van der Waals surface area contributed by atoms with Gasteiger partial charge in [-0.05, 0) is 54.6 Å². The van der Waals surface area contributed by atoms with E-state index in [4.69, 9.17) is 14.3 Å². The van der Waals surface area contributed by atoms with Crippen LogP contribution in [-0.2, 0) is 9.57 Å². The number of morpholine rings is 1. The Bertz CT molecular complexity index is 1110. The highest BCUT2D eigenvalue weighted by Crippen LogP contribution is 2.28. The van der Waals surface area contributed by atoms with Crippen molar-refractivity contribution in [2.75, 3.05) is 44.8 Å². The third kappa shape index (κ3) is 7.75. The summed E-state index contributed by atoms with van der Waals surface area (Å²) in [7, 11) is 0. The van der Waals surface area contributed by atoms with Gasteiger partial charge in [-0.15, -0.1) is 5.48 Å². The zero-order valence-electron chi connectivity index (χ0n) is 21.1. The number of nitrogens with one attached hydrogen (secondary N) is 3. The van der Waals surface area contributed by atoms with Crippen molar-refractivity contribution in [1.29, 1.82) is 0 Å². The number of urea groups is 1. The van der Waals surface area contributed by atoms with Crippen molar-refractivity contribution in [2.45, 2.75) is 26.9 Å². The summed E-state index contributed by atoms with van der Waals surface area (Å²) in [6, 6.07) is 14.9. The predicted octanol–water partition coefficient (Wildman–Crippen LogP) is 3.71. The van der Waals surface area contributed by atoms with Crippen molar-refractivity contribution in [2.24, 2.45) is 5.41 Å². The summed E-state index contributed by atoms with van der Waals surface area (Å²) >= 11 is 0. The van der Waals surface area contributed by atoms with Crippen LogP contribution in [0.5, 0.6) is 5.75 Å². The van der Waals surface area contributed by atoms with Gasteiger partial charge in [0.1, 0.15) is 24.3 Å². The van der Waals surface area contributed by atoms with E-state index in [9.17, 15) is 4.79 Å². The maximum absolute atomic E-state index is 12.3. The molecule has 0 radical (unpaired) electrons. The fraction of sp³-hybridized carbons (Fsp3) is 0.393. The molecule has 8 heteroatoms. The van der Waals surface area contributed by atoms with Gasteiger partial charge in [-0.2, -0.15) is 0 Å². The first kappa shape index (κ1) is 25.6. The van der Waals surface area contributed by atoms with E-state index in [-0.39, 0.29) is 17.6 Å². The van der Waals surface area contributed by atoms with E-state index in [1.165, 1.54) is 0 Å². The number of rotatable bonds is 6. The molecule has 2 heterocycles. The zero-order chi connectivity index (χ0) is 25.4. The van der Waals surface area contributed by atoms with Gasteiger partial charge >= 0.3 is 6.03 Å². The van der Waals surface area contributed by atoms with Crippen molar-refractivity contribution in [3.05, 3.63) is 71.5 Å². The van der Waals surface area contributed by atoms with Crippen molar-refractivity contribution in [3.63, 3.8) is 0 Å². The van der Waals surface area contributed by atoms with Gasteiger partial charge < -0.3 is 24.9 Å². The van der Waals surface area contributed by atoms with Crippen LogP contribution in [0, 0.1) is 17.3 Å². The summed E-state index contributed by atoms with van der Waals surface area (Å²) in [5.41, 5.74) is 5.11. The Hall–Kier alpha value is -3.51. The first-order chi connectivity index (χ1) is 17.3. The second-order valence-corrected chi connectivity index (χ2v) is 9.73. The van der Waals surface area contributed by atoms with Crippen LogP contribution < -0.4 is 20.9 Å². The van der Waals surface area contributed by atoms with Gasteiger partial charge in [-0.25, -0.2) is 4.79 Å². The molecule has 1 saturated heterocycles. The van der Waals surface area contributed by atoms with Gasteiger partial charge in [-0.1, -0.05) is 32.6 Å². The lowest BCUT2D eigenvalue weighted by Crippen LogP contribution is -2.43. The smallest absolute Gasteiger partial charge is 0.320 e. The zero-order valence-corrected chi connectivity index (χ0v) is 21.1. The van der Waals surface area contributed by atoms with E-state index in [1.807, 2.05) is 75.4 Å². The minimum absolute atomic E-state index is 0.129. The second kappa shape index (κ2) is 12.0. The van der Waals surface area contributed by atoms with Gasteiger partial charge in [0.25, 0.3) is 0 Å². The van der Waals surface area contributed by atoms with E-state index in [2.05, 4.69) is 32.9 Å². The minimum atomic E-state index is -0.383. The lowest BCUT2D eigenvalue weighted by Gasteiger charge is -2.26. The molecular formula is C28H34N4O4. The highest BCUT2D eigenvalue weighted by atomic mass is 16.7. The molecule has 1 atom stereocenters. The Kier molecular flexibility index (Phi) is 8.49. The Balaban J connectivity index is 1.22. The molecule has 2 aromatic carbocycles. The lowest BCUT2D eigenvalue weighted by molar-refractivity contribution is 0.0322. The van der Waals surface area contributed by atoms with E-state index < -0.39 is 0 Å². The highest BCUT2D eigenvalue weighted by molar-refractivity contribution is 5.89. The number of hydroxylamine groups is 1. The van der Waals surface area contributed by atoms with Crippen LogP contribution in [0.4, 0.5) is 10.5 Å². The molecule has 1 unspecified atom stereocenters. The largest absolute Gasteiger partial charge is 0.492 e. The number of hydrogen-bond donors (Lipinski definition) is 3. The van der Waals surface area contributed by atoms with Crippen LogP contribution >= 0.6 is 0 Å². The molecule has 2 aromatic rings. The molecule has 0 aliphatic carbocycles. The standard InChI is InChI=1S/C28H34N4O4/c1-28(2,3)25-20-26(31-36-25)30-27(33)29-23-10-6-21(7-11-23)4-5-22-8-12-24(13-9-22)35-19-16-32-14-17-34-18-15-32/h6-13,20,26,31H,14-19H2,1-3H3,(H2,29,30,33). The number of carbonyl (C=O) groups is 1. The van der Waals surface area contributed by atoms with Crippen LogP contribution in [0.15, 0.2) is 60.4 Å². The van der Waals surface area contributed by atoms with Crippen LogP contribution in [0.25, 0.3) is 0 Å². The van der Waals surface area contributed by atoms with E-state index in [1.54, 1.807) is 0 Å². The molecular weight excluding hydrogens is 456 g/mol. The minimum Gasteiger partial charge on any atom is -0.492 e. The van der Waals surface area contributed by atoms with Gasteiger partial charge in [0.05, 0.1) is 13.2 Å². The molecule has 1 fully saturated rings. The van der Waals surface area contributed by atoms with Crippen LogP contribution in [0.2, 0.25) is 0 Å². The maximum Gasteiger partial charge on any atom is 0.320 e. The van der Waals surface area contributed by atoms with E-state index in [0.717, 1.165) is 55.5 Å². The molecule has 0 saturated carbocycles. The number of nitrogens with zero attached hydrogens (tertiary/aromatic N) is 1. The van der Waals surface area contributed by atoms with Crippen molar-refractivity contribution in [1.82, 2.24) is 15.7 Å². The number of carbonyl (C=O) groups excluding carboxylic acids is 1. The van der Waals surface area contributed by atoms with E-state index >= 15 is 0 Å². The Labute approximate surface area is 212 Å². The molecule has 4 rings (SSSR count). The average Bonchev–Trinajstić information content (AvgIpc) is 3.34. The fourth-order valence-electron chi connectivity index (χ4n) is 3.66. The average molecular weight is 491 g/mol. The number of amides is 2. The molecule has 36 heavy (non-hydrogen) atoms. The van der Waals surface area contributed by atoms with Crippen molar-refractivity contribution >= 4 is 11.7 Å². The molecule has 2 aliphatic rings. The monoisotopic (exact) mass is 490 g/mol. The Morgan fingerprint density at radius 1 is 1.06 bits per heavy atom. The Morgan fingerprint density at radius 2 is 1.69 bits per heavy atom. The molecule has 0 spiro atoms. The molecule has 0 aromatic heterocycles. The van der Waals surface area contributed by atoms with Crippen LogP contribution in [-0.4, -0.2) is 56.6 Å². The lowest BCUT2D eigenvalue weighted by atomic mass is 9.94. The SMILES string of the molecule is CC(C)(C)C1=CC(NC(=O)Nc2ccc(C#Cc3ccc(OCCN4CCOCC4)cc3)cc2)NO1. The summed E-state index contributed by atoms with van der Waals surface area (Å²) in [5, 5.41) is 5.64. The number of allylic oxidation sites excluding steroid dienone is 1. The fourth-order valence-corrected chi connectivity index (χ4v) is 3.66. The first-order valence-electron chi connectivity index (χ1n) is 12.2. The summed E-state index contributed by atoms with van der Waals surface area (Å²) in [6.45, 7) is 11.2. The highest BCUT2D eigenvalue weighted by Gasteiger charge is 2.27. The number of anilines is 1. The van der Waals surface area contributed by atoms with Gasteiger partial charge in [0.2, 0.25) is 0 Å². The number of ether oxygens (including phenoxy) is 2. The summed E-state index contributed by atoms with van der Waals surface area (Å²) in [4.78, 5) is 20.1. The number of benzene rings is 2. The third-order valence-electron chi connectivity index (χ3n) is 5.77. The molecule has 8 nitrogen and oxygen atoms in total. The molecule has 2 amide bonds. The topological polar surface area (TPSA) is 84.1 Å². The quantitative estimate of drug-likeness (QED) is 0.536. The maximum atomic E-state index is 12.3. The van der Waals surface area contributed by atoms with Crippen LogP contribution in [0.3, 0.4) is 0 Å². The molecule has 190 valence electrons. The summed E-state index contributed by atoms with van der Waals surface area (Å²) < 4.78 is 11.2. The molecule has 3 N–H and O–H groups in total. The van der Waals surface area contributed by atoms with Gasteiger partial charge in [0.15, 0.2) is 0 Å². The molecule has 2 aliphatic heterocycles. The summed E-state index contributed by atoms with van der Waals surface area (Å²) in [5.74, 6) is 7.95. The van der Waals surface area contributed by atoms with Crippen LogP contribution in [0.1, 0.15) is 31.9 Å². The van der Waals surface area contributed by atoms with Gasteiger partial charge in [-0.3, -0.25) is 4.90 Å². The van der Waals surface area contributed by atoms with Crippen molar-refractivity contribution in [3.8, 4) is 17.6 Å². The second-order valence-electron chi connectivity index (χ2n) is 9.73. The third-order valence-corrected chi connectivity index (χ3v) is 5.77. The Morgan fingerprint density at radius 3 is 2.31 bits per heavy atom. The van der Waals surface area contributed by atoms with Crippen molar-refractivity contribution < 1.29 is 19.1 Å². The number of hydrogen-bond acceptors (Lipinski definition) is 6. The normalized spacial score (nSPS) is 17.9.